The molecule has 0 unspecified atom stereocenters. The van der Waals surface area contributed by atoms with Gasteiger partial charge in [0.25, 0.3) is 0 Å². The second-order valence-electron chi connectivity index (χ2n) is 5.08. The Hall–Kier alpha value is -3.01. The summed E-state index contributed by atoms with van der Waals surface area (Å²) in [5, 5.41) is 9.36. The molecular weight excluding hydrogens is 298 g/mol. The second kappa shape index (κ2) is 6.01. The molecule has 0 spiro atoms. The molecule has 0 atom stereocenters. The molecule has 114 valence electrons. The molecule has 0 amide bonds. The van der Waals surface area contributed by atoms with Gasteiger partial charge in [-0.05, 0) is 58.7 Å². The van der Waals surface area contributed by atoms with Gasteiger partial charge in [0.15, 0.2) is 0 Å². The lowest BCUT2D eigenvalue weighted by Crippen LogP contribution is -2.00. The number of carboxylic acid groups (broad SMARTS) is 1. The minimum absolute atomic E-state index is 0.127. The molecule has 23 heavy (non-hydrogen) atoms. The molecule has 1 N–H and O–H groups in total. The maximum absolute atomic E-state index is 13.1. The van der Waals surface area contributed by atoms with E-state index in [-0.39, 0.29) is 17.2 Å². The van der Waals surface area contributed by atoms with Crippen LogP contribution >= 0.6 is 0 Å². The third-order valence-corrected chi connectivity index (χ3v) is 3.58. The summed E-state index contributed by atoms with van der Waals surface area (Å²) in [4.78, 5) is 11.4. The molecule has 0 aliphatic carbocycles. The van der Waals surface area contributed by atoms with Gasteiger partial charge in [-0.15, -0.1) is 0 Å². The van der Waals surface area contributed by atoms with Gasteiger partial charge in [0, 0.05) is 0 Å². The Balaban J connectivity index is 2.15. The molecule has 0 saturated heterocycles. The molecular formula is C19H12F2O2. The summed E-state index contributed by atoms with van der Waals surface area (Å²) in [5.74, 6) is -1.79. The Labute approximate surface area is 131 Å². The molecule has 4 heteroatoms. The minimum Gasteiger partial charge on any atom is -0.478 e. The van der Waals surface area contributed by atoms with E-state index in [0.717, 1.165) is 11.1 Å². The lowest BCUT2D eigenvalue weighted by Gasteiger charge is -2.10. The fourth-order valence-electron chi connectivity index (χ4n) is 2.42. The van der Waals surface area contributed by atoms with E-state index in [2.05, 4.69) is 0 Å². The number of carbonyl (C=O) groups is 1. The summed E-state index contributed by atoms with van der Waals surface area (Å²) >= 11 is 0. The van der Waals surface area contributed by atoms with E-state index in [0.29, 0.717) is 11.1 Å². The van der Waals surface area contributed by atoms with E-state index in [1.807, 2.05) is 0 Å². The lowest BCUT2D eigenvalue weighted by atomic mass is 9.94. The molecule has 0 aromatic heterocycles. The summed E-state index contributed by atoms with van der Waals surface area (Å²) in [5.41, 5.74) is 2.75. The van der Waals surface area contributed by atoms with Crippen molar-refractivity contribution in [2.45, 2.75) is 0 Å². The molecule has 0 fully saturated rings. The standard InChI is InChI=1S/C19H12F2O2/c20-15-6-1-12(2-7-15)14-5-10-17(19(22)23)18(11-14)13-3-8-16(21)9-4-13/h1-11H,(H,22,23). The SMILES string of the molecule is O=C(O)c1ccc(-c2ccc(F)cc2)cc1-c1ccc(F)cc1. The van der Waals surface area contributed by atoms with E-state index in [1.165, 1.54) is 42.5 Å². The predicted octanol–water partition coefficient (Wildman–Crippen LogP) is 5.00. The van der Waals surface area contributed by atoms with Gasteiger partial charge in [0.2, 0.25) is 0 Å². The zero-order chi connectivity index (χ0) is 16.4. The summed E-state index contributed by atoms with van der Waals surface area (Å²) in [6.07, 6.45) is 0. The van der Waals surface area contributed by atoms with Crippen LogP contribution in [-0.2, 0) is 0 Å². The van der Waals surface area contributed by atoms with Crippen LogP contribution in [-0.4, -0.2) is 11.1 Å². The average Bonchev–Trinajstić information content (AvgIpc) is 2.55. The third-order valence-electron chi connectivity index (χ3n) is 3.58. The highest BCUT2D eigenvalue weighted by Crippen LogP contribution is 2.30. The highest BCUT2D eigenvalue weighted by Gasteiger charge is 2.13. The van der Waals surface area contributed by atoms with E-state index in [9.17, 15) is 18.7 Å². The number of benzene rings is 3. The van der Waals surface area contributed by atoms with Crippen molar-refractivity contribution in [2.24, 2.45) is 0 Å². The van der Waals surface area contributed by atoms with Gasteiger partial charge < -0.3 is 5.11 Å². The number of hydrogen-bond donors (Lipinski definition) is 1. The quantitative estimate of drug-likeness (QED) is 0.739. The highest BCUT2D eigenvalue weighted by molar-refractivity contribution is 5.97. The van der Waals surface area contributed by atoms with Crippen molar-refractivity contribution < 1.29 is 18.7 Å². The number of aromatic carboxylic acids is 1. The molecule has 3 rings (SSSR count). The van der Waals surface area contributed by atoms with E-state index in [1.54, 1.807) is 24.3 Å². The van der Waals surface area contributed by atoms with Gasteiger partial charge in [-0.25, -0.2) is 13.6 Å². The molecule has 0 bridgehead atoms. The minimum atomic E-state index is -1.06. The summed E-state index contributed by atoms with van der Waals surface area (Å²) < 4.78 is 26.1. The van der Waals surface area contributed by atoms with Crippen molar-refractivity contribution in [3.63, 3.8) is 0 Å². The number of hydrogen-bond acceptors (Lipinski definition) is 1. The molecule has 0 saturated carbocycles. The maximum atomic E-state index is 13.1. The predicted molar refractivity (Wildman–Crippen MR) is 84.2 cm³/mol. The largest absolute Gasteiger partial charge is 0.478 e. The van der Waals surface area contributed by atoms with Crippen LogP contribution in [0.25, 0.3) is 22.3 Å². The van der Waals surface area contributed by atoms with Crippen molar-refractivity contribution in [1.29, 1.82) is 0 Å². The van der Waals surface area contributed by atoms with Crippen LogP contribution < -0.4 is 0 Å². The monoisotopic (exact) mass is 310 g/mol. The van der Waals surface area contributed by atoms with E-state index >= 15 is 0 Å². The Morgan fingerprint density at radius 1 is 0.696 bits per heavy atom. The molecule has 0 aliphatic rings. The Bertz CT molecular complexity index is 854. The van der Waals surface area contributed by atoms with Crippen LogP contribution in [0.3, 0.4) is 0 Å². The molecule has 2 nitrogen and oxygen atoms in total. The molecule has 0 heterocycles. The van der Waals surface area contributed by atoms with E-state index < -0.39 is 5.97 Å². The Morgan fingerprint density at radius 3 is 1.70 bits per heavy atom. The van der Waals surface area contributed by atoms with Gasteiger partial charge in [-0.3, -0.25) is 0 Å². The number of carboxylic acids is 1. The zero-order valence-electron chi connectivity index (χ0n) is 12.0. The fourth-order valence-corrected chi connectivity index (χ4v) is 2.42. The first kappa shape index (κ1) is 14.9. The molecule has 0 aliphatic heterocycles. The van der Waals surface area contributed by atoms with Crippen molar-refractivity contribution in [3.05, 3.63) is 83.9 Å². The van der Waals surface area contributed by atoms with Crippen LogP contribution in [0.4, 0.5) is 8.78 Å². The first-order valence-electron chi connectivity index (χ1n) is 6.94. The first-order chi connectivity index (χ1) is 11.0. The van der Waals surface area contributed by atoms with Crippen LogP contribution in [0.2, 0.25) is 0 Å². The first-order valence-corrected chi connectivity index (χ1v) is 6.94. The van der Waals surface area contributed by atoms with Gasteiger partial charge in [-0.2, -0.15) is 0 Å². The van der Waals surface area contributed by atoms with Gasteiger partial charge in [0.1, 0.15) is 11.6 Å². The highest BCUT2D eigenvalue weighted by atomic mass is 19.1. The molecule has 0 radical (unpaired) electrons. The molecule has 3 aromatic carbocycles. The second-order valence-corrected chi connectivity index (χ2v) is 5.08. The van der Waals surface area contributed by atoms with Crippen molar-refractivity contribution in [1.82, 2.24) is 0 Å². The normalized spacial score (nSPS) is 10.5. The Kier molecular flexibility index (Phi) is 3.89. The number of halogens is 2. The van der Waals surface area contributed by atoms with Crippen LogP contribution in [0.5, 0.6) is 0 Å². The lowest BCUT2D eigenvalue weighted by molar-refractivity contribution is 0.0698. The number of rotatable bonds is 3. The van der Waals surface area contributed by atoms with Crippen molar-refractivity contribution in [3.8, 4) is 22.3 Å². The van der Waals surface area contributed by atoms with Crippen LogP contribution in [0, 0.1) is 11.6 Å². The smallest absolute Gasteiger partial charge is 0.336 e. The van der Waals surface area contributed by atoms with Crippen molar-refractivity contribution in [2.75, 3.05) is 0 Å². The van der Waals surface area contributed by atoms with Gasteiger partial charge in [0.05, 0.1) is 5.56 Å². The average molecular weight is 310 g/mol. The van der Waals surface area contributed by atoms with Gasteiger partial charge in [-0.1, -0.05) is 30.3 Å². The maximum Gasteiger partial charge on any atom is 0.336 e. The topological polar surface area (TPSA) is 37.3 Å². The fraction of sp³-hybridized carbons (Fsp3) is 0. The Morgan fingerprint density at radius 2 is 1.17 bits per heavy atom. The van der Waals surface area contributed by atoms with Crippen LogP contribution in [0.1, 0.15) is 10.4 Å². The zero-order valence-corrected chi connectivity index (χ0v) is 12.0. The summed E-state index contributed by atoms with van der Waals surface area (Å²) in [7, 11) is 0. The van der Waals surface area contributed by atoms with Crippen molar-refractivity contribution >= 4 is 5.97 Å². The molecule has 3 aromatic rings. The summed E-state index contributed by atoms with van der Waals surface area (Å²) in [6, 6.07) is 16.5. The van der Waals surface area contributed by atoms with Crippen LogP contribution in [0.15, 0.2) is 66.7 Å². The third kappa shape index (κ3) is 3.11. The van der Waals surface area contributed by atoms with Gasteiger partial charge >= 0.3 is 5.97 Å². The van der Waals surface area contributed by atoms with E-state index in [4.69, 9.17) is 0 Å². The summed E-state index contributed by atoms with van der Waals surface area (Å²) in [6.45, 7) is 0.